The van der Waals surface area contributed by atoms with E-state index in [9.17, 15) is 5.26 Å². The van der Waals surface area contributed by atoms with Gasteiger partial charge in [-0.2, -0.15) is 10.4 Å². The predicted octanol–water partition coefficient (Wildman–Crippen LogP) is 2.69. The molecule has 1 atom stereocenters. The topological polar surface area (TPSA) is 61.6 Å². The number of hydrogen-bond acceptors (Lipinski definition) is 4. The lowest BCUT2D eigenvalue weighted by Gasteiger charge is -2.15. The van der Waals surface area contributed by atoms with Crippen LogP contribution in [-0.4, -0.2) is 16.2 Å². The number of nitrogens with one attached hydrogen (secondary N) is 1. The molecule has 1 rings (SSSR count). The summed E-state index contributed by atoms with van der Waals surface area (Å²) in [6.45, 7) is 6.10. The SMILES string of the molecule is C#CC(CCC)Nc1nnc(CC)c(CC)c1C#N. The maximum Gasteiger partial charge on any atom is 0.167 e. The third-order valence-corrected chi connectivity index (χ3v) is 3.05. The maximum atomic E-state index is 9.36. The first-order valence-electron chi connectivity index (χ1n) is 6.72. The van der Waals surface area contributed by atoms with E-state index in [0.717, 1.165) is 36.9 Å². The molecule has 0 saturated carbocycles. The van der Waals surface area contributed by atoms with E-state index < -0.39 is 0 Å². The van der Waals surface area contributed by atoms with Gasteiger partial charge in [0.1, 0.15) is 11.6 Å². The monoisotopic (exact) mass is 256 g/mol. The molecule has 1 aromatic heterocycles. The van der Waals surface area contributed by atoms with Crippen molar-refractivity contribution in [1.29, 1.82) is 5.26 Å². The third kappa shape index (κ3) is 3.45. The van der Waals surface area contributed by atoms with Crippen molar-refractivity contribution in [2.75, 3.05) is 5.32 Å². The Morgan fingerprint density at radius 3 is 2.47 bits per heavy atom. The highest BCUT2D eigenvalue weighted by Gasteiger charge is 2.16. The minimum atomic E-state index is -0.108. The second kappa shape index (κ2) is 7.38. The van der Waals surface area contributed by atoms with Gasteiger partial charge in [0.05, 0.1) is 11.7 Å². The van der Waals surface area contributed by atoms with Crippen LogP contribution in [0.4, 0.5) is 5.82 Å². The highest BCUT2D eigenvalue weighted by atomic mass is 15.2. The molecule has 4 heteroatoms. The van der Waals surface area contributed by atoms with Crippen molar-refractivity contribution in [2.45, 2.75) is 52.5 Å². The van der Waals surface area contributed by atoms with Gasteiger partial charge < -0.3 is 5.32 Å². The lowest BCUT2D eigenvalue weighted by molar-refractivity contribution is 0.746. The van der Waals surface area contributed by atoms with Crippen LogP contribution in [0.15, 0.2) is 0 Å². The molecule has 0 saturated heterocycles. The fraction of sp³-hybridized carbons (Fsp3) is 0.533. The first kappa shape index (κ1) is 15.0. The normalized spacial score (nSPS) is 11.4. The molecule has 19 heavy (non-hydrogen) atoms. The third-order valence-electron chi connectivity index (χ3n) is 3.05. The van der Waals surface area contributed by atoms with Gasteiger partial charge in [0, 0.05) is 0 Å². The van der Waals surface area contributed by atoms with Crippen molar-refractivity contribution in [3.8, 4) is 18.4 Å². The first-order valence-corrected chi connectivity index (χ1v) is 6.72. The van der Waals surface area contributed by atoms with E-state index in [0.29, 0.717) is 11.4 Å². The van der Waals surface area contributed by atoms with Crippen molar-refractivity contribution in [1.82, 2.24) is 10.2 Å². The zero-order chi connectivity index (χ0) is 14.3. The van der Waals surface area contributed by atoms with Gasteiger partial charge in [0.15, 0.2) is 5.82 Å². The van der Waals surface area contributed by atoms with Gasteiger partial charge in [-0.1, -0.05) is 33.1 Å². The maximum absolute atomic E-state index is 9.36. The van der Waals surface area contributed by atoms with Crippen molar-refractivity contribution in [2.24, 2.45) is 0 Å². The minimum absolute atomic E-state index is 0.108. The average molecular weight is 256 g/mol. The summed E-state index contributed by atoms with van der Waals surface area (Å²) in [6.07, 6.45) is 8.85. The first-order chi connectivity index (χ1) is 9.21. The second-order valence-corrected chi connectivity index (χ2v) is 4.32. The quantitative estimate of drug-likeness (QED) is 0.795. The molecule has 0 amide bonds. The summed E-state index contributed by atoms with van der Waals surface area (Å²) in [5.74, 6) is 3.19. The molecule has 1 N–H and O–H groups in total. The van der Waals surface area contributed by atoms with Gasteiger partial charge in [-0.05, 0) is 24.8 Å². The number of nitriles is 1. The van der Waals surface area contributed by atoms with Gasteiger partial charge in [0.2, 0.25) is 0 Å². The Labute approximate surface area is 115 Å². The van der Waals surface area contributed by atoms with Crippen LogP contribution in [0, 0.1) is 23.7 Å². The van der Waals surface area contributed by atoms with Crippen molar-refractivity contribution in [3.63, 3.8) is 0 Å². The molecule has 0 aliphatic rings. The smallest absolute Gasteiger partial charge is 0.167 e. The number of rotatable bonds is 6. The summed E-state index contributed by atoms with van der Waals surface area (Å²) in [5, 5.41) is 20.8. The van der Waals surface area contributed by atoms with Gasteiger partial charge >= 0.3 is 0 Å². The van der Waals surface area contributed by atoms with Crippen LogP contribution in [0.3, 0.4) is 0 Å². The number of hydrogen-bond donors (Lipinski definition) is 1. The molecular weight excluding hydrogens is 236 g/mol. The van der Waals surface area contributed by atoms with E-state index in [-0.39, 0.29) is 6.04 Å². The summed E-state index contributed by atoms with van der Waals surface area (Å²) in [5.41, 5.74) is 2.43. The van der Waals surface area contributed by atoms with E-state index in [1.165, 1.54) is 0 Å². The summed E-state index contributed by atoms with van der Waals surface area (Å²) in [4.78, 5) is 0. The van der Waals surface area contributed by atoms with E-state index in [4.69, 9.17) is 6.42 Å². The Kier molecular flexibility index (Phi) is 5.82. The molecule has 0 fully saturated rings. The molecular formula is C15H20N4. The fourth-order valence-corrected chi connectivity index (χ4v) is 2.05. The minimum Gasteiger partial charge on any atom is -0.354 e. The van der Waals surface area contributed by atoms with Crippen LogP contribution in [0.2, 0.25) is 0 Å². The number of terminal acetylenes is 1. The molecule has 0 radical (unpaired) electrons. The molecule has 100 valence electrons. The number of aromatic nitrogens is 2. The van der Waals surface area contributed by atoms with Crippen LogP contribution < -0.4 is 5.32 Å². The highest BCUT2D eigenvalue weighted by molar-refractivity contribution is 5.57. The molecule has 0 aliphatic carbocycles. The lowest BCUT2D eigenvalue weighted by atomic mass is 10.0. The summed E-state index contributed by atoms with van der Waals surface area (Å²) in [7, 11) is 0. The average Bonchev–Trinajstić information content (AvgIpc) is 2.45. The molecule has 1 unspecified atom stereocenters. The van der Waals surface area contributed by atoms with Crippen LogP contribution >= 0.6 is 0 Å². The van der Waals surface area contributed by atoms with Crippen molar-refractivity contribution < 1.29 is 0 Å². The van der Waals surface area contributed by atoms with Crippen LogP contribution in [-0.2, 0) is 12.8 Å². The van der Waals surface area contributed by atoms with Gasteiger partial charge in [-0.15, -0.1) is 11.5 Å². The molecule has 0 bridgehead atoms. The molecule has 0 spiro atoms. The summed E-state index contributed by atoms with van der Waals surface area (Å²) < 4.78 is 0. The van der Waals surface area contributed by atoms with Crippen molar-refractivity contribution >= 4 is 5.82 Å². The van der Waals surface area contributed by atoms with Gasteiger partial charge in [-0.3, -0.25) is 0 Å². The predicted molar refractivity (Wildman–Crippen MR) is 76.7 cm³/mol. The van der Waals surface area contributed by atoms with E-state index in [2.05, 4.69) is 34.4 Å². The highest BCUT2D eigenvalue weighted by Crippen LogP contribution is 2.21. The van der Waals surface area contributed by atoms with Gasteiger partial charge in [-0.25, -0.2) is 0 Å². The number of nitrogens with zero attached hydrogens (tertiary/aromatic N) is 3. The fourth-order valence-electron chi connectivity index (χ4n) is 2.05. The van der Waals surface area contributed by atoms with Crippen LogP contribution in [0.25, 0.3) is 0 Å². The summed E-state index contributed by atoms with van der Waals surface area (Å²) in [6, 6.07) is 2.12. The van der Waals surface area contributed by atoms with E-state index in [1.54, 1.807) is 0 Å². The van der Waals surface area contributed by atoms with Gasteiger partial charge in [0.25, 0.3) is 0 Å². The molecule has 1 aromatic rings. The molecule has 0 aromatic carbocycles. The number of aryl methyl sites for hydroxylation is 1. The van der Waals surface area contributed by atoms with Crippen LogP contribution in [0.5, 0.6) is 0 Å². The standard InChI is InChI=1S/C15H20N4/c1-5-9-11(6-2)17-15-13(10-16)12(7-3)14(8-4)18-19-15/h2,11H,5,7-9H2,1,3-4H3,(H,17,19). The Bertz CT molecular complexity index is 508. The molecule has 1 heterocycles. The Balaban J connectivity index is 3.16. The Hall–Kier alpha value is -2.07. The number of anilines is 1. The molecule has 0 aliphatic heterocycles. The largest absolute Gasteiger partial charge is 0.354 e. The lowest BCUT2D eigenvalue weighted by Crippen LogP contribution is -2.20. The van der Waals surface area contributed by atoms with Crippen LogP contribution in [0.1, 0.15) is 50.4 Å². The summed E-state index contributed by atoms with van der Waals surface area (Å²) >= 11 is 0. The zero-order valence-corrected chi connectivity index (χ0v) is 11.8. The Morgan fingerprint density at radius 1 is 1.26 bits per heavy atom. The van der Waals surface area contributed by atoms with E-state index >= 15 is 0 Å². The van der Waals surface area contributed by atoms with Crippen molar-refractivity contribution in [3.05, 3.63) is 16.8 Å². The van der Waals surface area contributed by atoms with E-state index in [1.807, 2.05) is 13.8 Å². The zero-order valence-electron chi connectivity index (χ0n) is 11.8. The molecule has 4 nitrogen and oxygen atoms in total. The Morgan fingerprint density at radius 2 is 2.00 bits per heavy atom. The second-order valence-electron chi connectivity index (χ2n) is 4.32.